The largest absolute Gasteiger partial charge is 0.372 e. The van der Waals surface area contributed by atoms with Crippen molar-refractivity contribution in [1.82, 2.24) is 9.97 Å². The van der Waals surface area contributed by atoms with Crippen LogP contribution in [0.4, 0.5) is 0 Å². The molecule has 1 aliphatic heterocycles. The summed E-state index contributed by atoms with van der Waals surface area (Å²) in [6.45, 7) is 0.798. The Morgan fingerprint density at radius 3 is 2.86 bits per heavy atom. The van der Waals surface area contributed by atoms with E-state index in [9.17, 15) is 0 Å². The minimum absolute atomic E-state index is 0.0731. The molecule has 72 valence electrons. The first kappa shape index (κ1) is 9.10. The van der Waals surface area contributed by atoms with E-state index < -0.39 is 0 Å². The van der Waals surface area contributed by atoms with Crippen molar-refractivity contribution in [3.63, 3.8) is 0 Å². The van der Waals surface area contributed by atoms with Crippen molar-refractivity contribution in [2.45, 2.75) is 25.4 Å². The predicted molar refractivity (Wildman–Crippen MR) is 49.3 cm³/mol. The summed E-state index contributed by atoms with van der Waals surface area (Å²) < 4.78 is 5.55. The van der Waals surface area contributed by atoms with Gasteiger partial charge >= 0.3 is 0 Å². The Morgan fingerprint density at radius 2 is 2.29 bits per heavy atom. The Morgan fingerprint density at radius 1 is 1.36 bits per heavy atom. The standard InChI is InChI=1S/C10H11N3O/c11-5-8-6-13-9(7-12-8)10-3-1-2-4-14-10/h6-7,10H,1-4H2. The third-order valence-corrected chi connectivity index (χ3v) is 2.30. The first-order valence-electron chi connectivity index (χ1n) is 4.74. The molecule has 2 rings (SSSR count). The zero-order valence-electron chi connectivity index (χ0n) is 7.81. The van der Waals surface area contributed by atoms with E-state index in [0.717, 1.165) is 25.1 Å². The summed E-state index contributed by atoms with van der Waals surface area (Å²) in [6, 6.07) is 1.94. The maximum absolute atomic E-state index is 8.56. The molecular weight excluding hydrogens is 178 g/mol. The predicted octanol–water partition coefficient (Wildman–Crippen LogP) is 1.59. The Bertz CT molecular complexity index is 335. The molecular formula is C10H11N3O. The van der Waals surface area contributed by atoms with Crippen LogP contribution in [0.3, 0.4) is 0 Å². The van der Waals surface area contributed by atoms with Gasteiger partial charge < -0.3 is 4.74 Å². The van der Waals surface area contributed by atoms with Gasteiger partial charge in [-0.3, -0.25) is 4.98 Å². The van der Waals surface area contributed by atoms with Gasteiger partial charge in [0, 0.05) is 6.61 Å². The first-order chi connectivity index (χ1) is 6.90. The highest BCUT2D eigenvalue weighted by Crippen LogP contribution is 2.25. The number of ether oxygens (including phenoxy) is 1. The van der Waals surface area contributed by atoms with Crippen LogP contribution >= 0.6 is 0 Å². The van der Waals surface area contributed by atoms with Crippen molar-refractivity contribution < 1.29 is 4.74 Å². The molecule has 2 heterocycles. The lowest BCUT2D eigenvalue weighted by atomic mass is 10.1. The van der Waals surface area contributed by atoms with Gasteiger partial charge in [-0.05, 0) is 19.3 Å². The molecule has 14 heavy (non-hydrogen) atoms. The van der Waals surface area contributed by atoms with Crippen LogP contribution in [0.25, 0.3) is 0 Å². The number of hydrogen-bond donors (Lipinski definition) is 0. The molecule has 0 aliphatic carbocycles. The lowest BCUT2D eigenvalue weighted by molar-refractivity contribution is 0.0121. The van der Waals surface area contributed by atoms with Crippen molar-refractivity contribution in [1.29, 1.82) is 5.26 Å². The van der Waals surface area contributed by atoms with Crippen molar-refractivity contribution in [3.05, 3.63) is 23.8 Å². The van der Waals surface area contributed by atoms with Crippen molar-refractivity contribution in [3.8, 4) is 6.07 Å². The van der Waals surface area contributed by atoms with Crippen LogP contribution in [0.2, 0.25) is 0 Å². The minimum Gasteiger partial charge on any atom is -0.372 e. The van der Waals surface area contributed by atoms with Crippen molar-refractivity contribution in [2.24, 2.45) is 0 Å². The second-order valence-corrected chi connectivity index (χ2v) is 3.29. The monoisotopic (exact) mass is 189 g/mol. The fourth-order valence-corrected chi connectivity index (χ4v) is 1.54. The molecule has 0 saturated carbocycles. The smallest absolute Gasteiger partial charge is 0.158 e. The summed E-state index contributed by atoms with van der Waals surface area (Å²) in [5.74, 6) is 0. The second kappa shape index (κ2) is 4.16. The fraction of sp³-hybridized carbons (Fsp3) is 0.500. The first-order valence-corrected chi connectivity index (χ1v) is 4.74. The Balaban J connectivity index is 2.12. The summed E-state index contributed by atoms with van der Waals surface area (Å²) in [7, 11) is 0. The normalized spacial score (nSPS) is 21.5. The quantitative estimate of drug-likeness (QED) is 0.673. The van der Waals surface area contributed by atoms with Crippen LogP contribution in [0.1, 0.15) is 36.8 Å². The van der Waals surface area contributed by atoms with Crippen LogP contribution in [0.5, 0.6) is 0 Å². The molecule has 1 unspecified atom stereocenters. The van der Waals surface area contributed by atoms with Gasteiger partial charge in [-0.25, -0.2) is 4.98 Å². The van der Waals surface area contributed by atoms with E-state index >= 15 is 0 Å². The molecule has 0 bridgehead atoms. The number of aromatic nitrogens is 2. The summed E-state index contributed by atoms with van der Waals surface area (Å²) in [5, 5.41) is 8.56. The molecule has 1 aromatic rings. The highest BCUT2D eigenvalue weighted by atomic mass is 16.5. The third-order valence-electron chi connectivity index (χ3n) is 2.30. The van der Waals surface area contributed by atoms with E-state index in [1.165, 1.54) is 12.6 Å². The van der Waals surface area contributed by atoms with E-state index in [2.05, 4.69) is 9.97 Å². The number of nitrogens with zero attached hydrogens (tertiary/aromatic N) is 3. The Hall–Kier alpha value is -1.47. The van der Waals surface area contributed by atoms with Gasteiger partial charge in [-0.15, -0.1) is 0 Å². The van der Waals surface area contributed by atoms with E-state index in [1.54, 1.807) is 6.20 Å². The summed E-state index contributed by atoms with van der Waals surface area (Å²) in [5.41, 5.74) is 1.19. The van der Waals surface area contributed by atoms with Gasteiger partial charge in [0.25, 0.3) is 0 Å². The molecule has 1 atom stereocenters. The van der Waals surface area contributed by atoms with Crippen molar-refractivity contribution in [2.75, 3.05) is 6.61 Å². The van der Waals surface area contributed by atoms with Crippen LogP contribution in [-0.2, 0) is 4.74 Å². The molecule has 0 aromatic carbocycles. The zero-order valence-corrected chi connectivity index (χ0v) is 7.81. The van der Waals surface area contributed by atoms with E-state index in [0.29, 0.717) is 5.69 Å². The maximum atomic E-state index is 8.56. The molecule has 1 saturated heterocycles. The molecule has 4 nitrogen and oxygen atoms in total. The van der Waals surface area contributed by atoms with Gasteiger partial charge in [0.15, 0.2) is 5.69 Å². The highest BCUT2D eigenvalue weighted by molar-refractivity contribution is 5.17. The molecule has 1 fully saturated rings. The maximum Gasteiger partial charge on any atom is 0.158 e. The van der Waals surface area contributed by atoms with E-state index in [-0.39, 0.29) is 6.10 Å². The van der Waals surface area contributed by atoms with Gasteiger partial charge in [0.2, 0.25) is 0 Å². The highest BCUT2D eigenvalue weighted by Gasteiger charge is 2.17. The van der Waals surface area contributed by atoms with Gasteiger partial charge in [0.05, 0.1) is 18.1 Å². The average Bonchev–Trinajstić information content (AvgIpc) is 2.30. The van der Waals surface area contributed by atoms with Crippen molar-refractivity contribution >= 4 is 0 Å². The average molecular weight is 189 g/mol. The minimum atomic E-state index is 0.0731. The van der Waals surface area contributed by atoms with E-state index in [1.807, 2.05) is 6.07 Å². The summed E-state index contributed by atoms with van der Waals surface area (Å²) in [4.78, 5) is 8.13. The molecule has 1 aromatic heterocycles. The number of hydrogen-bond acceptors (Lipinski definition) is 4. The molecule has 0 radical (unpaired) electrons. The fourth-order valence-electron chi connectivity index (χ4n) is 1.54. The summed E-state index contributed by atoms with van der Waals surface area (Å²) in [6.07, 6.45) is 6.50. The number of rotatable bonds is 1. The van der Waals surface area contributed by atoms with Gasteiger partial charge in [-0.2, -0.15) is 5.26 Å². The topological polar surface area (TPSA) is 58.8 Å². The third kappa shape index (κ3) is 1.88. The lowest BCUT2D eigenvalue weighted by Gasteiger charge is -2.21. The Kier molecular flexibility index (Phi) is 2.70. The van der Waals surface area contributed by atoms with Crippen LogP contribution < -0.4 is 0 Å². The SMILES string of the molecule is N#Cc1cnc(C2CCCCO2)cn1. The van der Waals surface area contributed by atoms with Crippen LogP contribution in [-0.4, -0.2) is 16.6 Å². The second-order valence-electron chi connectivity index (χ2n) is 3.29. The van der Waals surface area contributed by atoms with Crippen LogP contribution in [0, 0.1) is 11.3 Å². The van der Waals surface area contributed by atoms with E-state index in [4.69, 9.17) is 10.00 Å². The lowest BCUT2D eigenvalue weighted by Crippen LogP contribution is -2.13. The van der Waals surface area contributed by atoms with Crippen LogP contribution in [0.15, 0.2) is 12.4 Å². The van der Waals surface area contributed by atoms with Gasteiger partial charge in [-0.1, -0.05) is 0 Å². The number of nitriles is 1. The zero-order chi connectivity index (χ0) is 9.80. The van der Waals surface area contributed by atoms with Gasteiger partial charge in [0.1, 0.15) is 12.2 Å². The molecule has 0 amide bonds. The molecule has 4 heteroatoms. The molecule has 0 spiro atoms. The summed E-state index contributed by atoms with van der Waals surface area (Å²) >= 11 is 0. The Labute approximate surface area is 82.6 Å². The molecule has 0 N–H and O–H groups in total. The molecule has 1 aliphatic rings.